The molecule has 1 saturated carbocycles. The van der Waals surface area contributed by atoms with Crippen LogP contribution in [0.15, 0.2) is 4.99 Å². The summed E-state index contributed by atoms with van der Waals surface area (Å²) in [7, 11) is 0. The van der Waals surface area contributed by atoms with Crippen molar-refractivity contribution in [2.45, 2.75) is 38.7 Å². The summed E-state index contributed by atoms with van der Waals surface area (Å²) in [5.41, 5.74) is 4.97. The largest absolute Gasteiger partial charge is 0.388 e. The van der Waals surface area contributed by atoms with E-state index in [2.05, 4.69) is 17.2 Å². The maximum absolute atomic E-state index is 10.2. The summed E-state index contributed by atoms with van der Waals surface area (Å²) in [6.07, 6.45) is 3.03. The van der Waals surface area contributed by atoms with Gasteiger partial charge in [0.25, 0.3) is 0 Å². The highest BCUT2D eigenvalue weighted by Crippen LogP contribution is 2.35. The first-order valence-electron chi connectivity index (χ1n) is 5.34. The summed E-state index contributed by atoms with van der Waals surface area (Å²) in [5, 5.41) is 13.1. The van der Waals surface area contributed by atoms with E-state index >= 15 is 0 Å². The molecule has 82 valence electrons. The minimum absolute atomic E-state index is 0.334. The summed E-state index contributed by atoms with van der Waals surface area (Å²) in [6, 6.07) is 0. The molecule has 4 heteroatoms. The van der Waals surface area contributed by atoms with Crippen LogP contribution in [0.5, 0.6) is 0 Å². The van der Waals surface area contributed by atoms with Crippen LogP contribution in [0.4, 0.5) is 0 Å². The normalized spacial score (nSPS) is 33.4. The number of nitrogens with zero attached hydrogens (tertiary/aromatic N) is 1. The average Bonchev–Trinajstić information content (AvgIpc) is 2.46. The van der Waals surface area contributed by atoms with E-state index in [0.29, 0.717) is 18.4 Å². The SMILES string of the molecule is CCNC(N)=NCC1(O)CCCC1C. The van der Waals surface area contributed by atoms with Crippen LogP contribution in [-0.2, 0) is 0 Å². The molecule has 4 nitrogen and oxygen atoms in total. The lowest BCUT2D eigenvalue weighted by Gasteiger charge is -2.25. The Morgan fingerprint density at radius 3 is 2.93 bits per heavy atom. The van der Waals surface area contributed by atoms with Gasteiger partial charge in [-0.25, -0.2) is 0 Å². The van der Waals surface area contributed by atoms with E-state index in [4.69, 9.17) is 5.73 Å². The third-order valence-corrected chi connectivity index (χ3v) is 3.05. The molecule has 0 radical (unpaired) electrons. The van der Waals surface area contributed by atoms with E-state index in [1.54, 1.807) is 0 Å². The molecule has 4 N–H and O–H groups in total. The summed E-state index contributed by atoms with van der Waals surface area (Å²) in [5.74, 6) is 0.765. The van der Waals surface area contributed by atoms with Gasteiger partial charge in [-0.05, 0) is 25.7 Å². The Bertz CT molecular complexity index is 217. The molecule has 0 saturated heterocycles. The lowest BCUT2D eigenvalue weighted by atomic mass is 9.93. The minimum Gasteiger partial charge on any atom is -0.388 e. The van der Waals surface area contributed by atoms with Crippen molar-refractivity contribution in [1.82, 2.24) is 5.32 Å². The van der Waals surface area contributed by atoms with Crippen molar-refractivity contribution in [1.29, 1.82) is 0 Å². The van der Waals surface area contributed by atoms with E-state index in [1.807, 2.05) is 6.92 Å². The van der Waals surface area contributed by atoms with Crippen LogP contribution in [0.3, 0.4) is 0 Å². The number of rotatable bonds is 3. The Hall–Kier alpha value is -0.770. The molecule has 1 fully saturated rings. The minimum atomic E-state index is -0.625. The van der Waals surface area contributed by atoms with Gasteiger partial charge in [-0.1, -0.05) is 13.3 Å². The second-order valence-electron chi connectivity index (χ2n) is 4.13. The molecular weight excluding hydrogens is 178 g/mol. The fourth-order valence-electron chi connectivity index (χ4n) is 1.92. The fraction of sp³-hybridized carbons (Fsp3) is 0.900. The van der Waals surface area contributed by atoms with Crippen LogP contribution < -0.4 is 11.1 Å². The van der Waals surface area contributed by atoms with Gasteiger partial charge in [0, 0.05) is 6.54 Å². The zero-order chi connectivity index (χ0) is 10.6. The molecule has 0 bridgehead atoms. The smallest absolute Gasteiger partial charge is 0.188 e. The summed E-state index contributed by atoms with van der Waals surface area (Å²) in [6.45, 7) is 5.23. The number of hydrogen-bond acceptors (Lipinski definition) is 2. The summed E-state index contributed by atoms with van der Waals surface area (Å²) < 4.78 is 0. The molecule has 1 aliphatic carbocycles. The topological polar surface area (TPSA) is 70.6 Å². The molecule has 14 heavy (non-hydrogen) atoms. The standard InChI is InChI=1S/C10H21N3O/c1-3-12-9(11)13-7-10(14)6-4-5-8(10)2/h8,14H,3-7H2,1-2H3,(H3,11,12,13). The summed E-state index contributed by atoms with van der Waals surface area (Å²) >= 11 is 0. The third kappa shape index (κ3) is 2.61. The molecule has 0 spiro atoms. The van der Waals surface area contributed by atoms with Gasteiger partial charge in [-0.15, -0.1) is 0 Å². The molecule has 2 atom stereocenters. The molecule has 0 heterocycles. The molecule has 0 amide bonds. The number of aliphatic imine (C=N–C) groups is 1. The Morgan fingerprint density at radius 1 is 1.71 bits per heavy atom. The highest BCUT2D eigenvalue weighted by atomic mass is 16.3. The Morgan fingerprint density at radius 2 is 2.43 bits per heavy atom. The Balaban J connectivity index is 2.46. The fourth-order valence-corrected chi connectivity index (χ4v) is 1.92. The van der Waals surface area contributed by atoms with Crippen molar-refractivity contribution in [3.05, 3.63) is 0 Å². The number of nitrogens with one attached hydrogen (secondary N) is 1. The van der Waals surface area contributed by atoms with E-state index in [1.165, 1.54) is 0 Å². The Kier molecular flexibility index (Phi) is 3.75. The van der Waals surface area contributed by atoms with Crippen molar-refractivity contribution in [3.8, 4) is 0 Å². The zero-order valence-corrected chi connectivity index (χ0v) is 9.08. The third-order valence-electron chi connectivity index (χ3n) is 3.05. The van der Waals surface area contributed by atoms with Crippen LogP contribution in [0.1, 0.15) is 33.1 Å². The highest BCUT2D eigenvalue weighted by Gasteiger charge is 2.37. The Labute approximate surface area is 85.6 Å². The van der Waals surface area contributed by atoms with Gasteiger partial charge in [0.05, 0.1) is 12.1 Å². The van der Waals surface area contributed by atoms with Crippen molar-refractivity contribution < 1.29 is 5.11 Å². The van der Waals surface area contributed by atoms with Crippen molar-refractivity contribution >= 4 is 5.96 Å². The van der Waals surface area contributed by atoms with Crippen LogP contribution >= 0.6 is 0 Å². The monoisotopic (exact) mass is 199 g/mol. The van der Waals surface area contributed by atoms with Crippen molar-refractivity contribution in [2.75, 3.05) is 13.1 Å². The lowest BCUT2D eigenvalue weighted by Crippen LogP contribution is -2.38. The van der Waals surface area contributed by atoms with Gasteiger partial charge in [-0.2, -0.15) is 0 Å². The van der Waals surface area contributed by atoms with E-state index in [9.17, 15) is 5.11 Å². The second kappa shape index (κ2) is 4.64. The molecular formula is C10H21N3O. The maximum Gasteiger partial charge on any atom is 0.188 e. The van der Waals surface area contributed by atoms with Crippen molar-refractivity contribution in [3.63, 3.8) is 0 Å². The average molecular weight is 199 g/mol. The number of guanidine groups is 1. The molecule has 1 rings (SSSR count). The van der Waals surface area contributed by atoms with Gasteiger partial charge >= 0.3 is 0 Å². The van der Waals surface area contributed by atoms with Gasteiger partial charge < -0.3 is 16.2 Å². The molecule has 0 aliphatic heterocycles. The van der Waals surface area contributed by atoms with E-state index < -0.39 is 5.60 Å². The number of aliphatic hydroxyl groups is 1. The predicted octanol–water partition coefficient (Wildman–Crippen LogP) is 0.462. The van der Waals surface area contributed by atoms with Crippen LogP contribution in [0, 0.1) is 5.92 Å². The van der Waals surface area contributed by atoms with E-state index in [0.717, 1.165) is 25.8 Å². The van der Waals surface area contributed by atoms with Gasteiger partial charge in [0.1, 0.15) is 0 Å². The van der Waals surface area contributed by atoms with E-state index in [-0.39, 0.29) is 0 Å². The number of hydrogen-bond donors (Lipinski definition) is 3. The molecule has 0 aromatic heterocycles. The first kappa shape index (κ1) is 11.3. The molecule has 2 unspecified atom stereocenters. The van der Waals surface area contributed by atoms with Crippen molar-refractivity contribution in [2.24, 2.45) is 16.6 Å². The summed E-state index contributed by atoms with van der Waals surface area (Å²) in [4.78, 5) is 4.15. The predicted molar refractivity (Wildman–Crippen MR) is 58.1 cm³/mol. The zero-order valence-electron chi connectivity index (χ0n) is 9.08. The molecule has 0 aromatic rings. The lowest BCUT2D eigenvalue weighted by molar-refractivity contribution is 0.0186. The van der Waals surface area contributed by atoms with Gasteiger partial charge in [0.15, 0.2) is 5.96 Å². The van der Waals surface area contributed by atoms with Gasteiger partial charge in [-0.3, -0.25) is 4.99 Å². The first-order valence-corrected chi connectivity index (χ1v) is 5.34. The first-order chi connectivity index (χ1) is 6.58. The van der Waals surface area contributed by atoms with Gasteiger partial charge in [0.2, 0.25) is 0 Å². The highest BCUT2D eigenvalue weighted by molar-refractivity contribution is 5.77. The second-order valence-corrected chi connectivity index (χ2v) is 4.13. The van der Waals surface area contributed by atoms with Crippen LogP contribution in [0.25, 0.3) is 0 Å². The van der Waals surface area contributed by atoms with Crippen LogP contribution in [0.2, 0.25) is 0 Å². The number of nitrogens with two attached hydrogens (primary N) is 1. The molecule has 1 aliphatic rings. The maximum atomic E-state index is 10.2. The molecule has 0 aromatic carbocycles. The van der Waals surface area contributed by atoms with Crippen LogP contribution in [-0.4, -0.2) is 29.8 Å². The quantitative estimate of drug-likeness (QED) is 0.457.